The highest BCUT2D eigenvalue weighted by atomic mass is 19.4. The third-order valence-electron chi connectivity index (χ3n) is 3.28. The van der Waals surface area contributed by atoms with Crippen molar-refractivity contribution >= 4 is 11.1 Å². The summed E-state index contributed by atoms with van der Waals surface area (Å²) in [5.41, 5.74) is -2.72. The van der Waals surface area contributed by atoms with E-state index < -0.39 is 24.1 Å². The first-order valence-corrected chi connectivity index (χ1v) is 6.45. The highest BCUT2D eigenvalue weighted by Crippen LogP contribution is 2.41. The van der Waals surface area contributed by atoms with Gasteiger partial charge in [-0.25, -0.2) is 4.98 Å². The van der Waals surface area contributed by atoms with Crippen molar-refractivity contribution in [3.63, 3.8) is 0 Å². The maximum absolute atomic E-state index is 13.4. The monoisotopic (exact) mass is 308 g/mol. The maximum atomic E-state index is 13.4. The minimum absolute atomic E-state index is 0.0876. The van der Waals surface area contributed by atoms with Crippen molar-refractivity contribution in [2.75, 3.05) is 0 Å². The third-order valence-corrected chi connectivity index (χ3v) is 3.28. The van der Waals surface area contributed by atoms with Crippen LogP contribution in [0.3, 0.4) is 0 Å². The Morgan fingerprint density at radius 1 is 1.05 bits per heavy atom. The standard InChI is InChI=1S/C15H11F3N2O2/c16-15(17,18)14(21,9-10-5-3-4-8-19-10)13-20-11-6-1-2-7-12(11)22-13/h1-8,21H,9H2. The zero-order valence-electron chi connectivity index (χ0n) is 11.2. The average molecular weight is 308 g/mol. The third kappa shape index (κ3) is 2.43. The first-order valence-electron chi connectivity index (χ1n) is 6.45. The molecule has 4 nitrogen and oxygen atoms in total. The molecule has 2 heterocycles. The molecule has 1 atom stereocenters. The number of oxazole rings is 1. The van der Waals surface area contributed by atoms with Gasteiger partial charge in [0.25, 0.3) is 0 Å². The molecule has 0 amide bonds. The molecule has 1 aromatic carbocycles. The summed E-state index contributed by atoms with van der Waals surface area (Å²) in [5.74, 6) is -0.785. The van der Waals surface area contributed by atoms with Gasteiger partial charge in [-0.1, -0.05) is 18.2 Å². The van der Waals surface area contributed by atoms with Crippen molar-refractivity contribution in [3.05, 3.63) is 60.2 Å². The Morgan fingerprint density at radius 2 is 1.77 bits per heavy atom. The highest BCUT2D eigenvalue weighted by molar-refractivity contribution is 5.72. The van der Waals surface area contributed by atoms with E-state index in [1.165, 1.54) is 24.4 Å². The average Bonchev–Trinajstić information content (AvgIpc) is 2.91. The maximum Gasteiger partial charge on any atom is 0.426 e. The van der Waals surface area contributed by atoms with E-state index in [9.17, 15) is 18.3 Å². The Labute approximate surface area is 123 Å². The van der Waals surface area contributed by atoms with Crippen molar-refractivity contribution in [2.24, 2.45) is 0 Å². The molecular weight excluding hydrogens is 297 g/mol. The first kappa shape index (κ1) is 14.5. The predicted molar refractivity (Wildman–Crippen MR) is 71.9 cm³/mol. The quantitative estimate of drug-likeness (QED) is 0.807. The predicted octanol–water partition coefficient (Wildman–Crippen LogP) is 3.22. The van der Waals surface area contributed by atoms with E-state index in [2.05, 4.69) is 9.97 Å². The summed E-state index contributed by atoms with van der Waals surface area (Å²) < 4.78 is 45.4. The van der Waals surface area contributed by atoms with Gasteiger partial charge in [-0.2, -0.15) is 13.2 Å². The highest BCUT2D eigenvalue weighted by Gasteiger charge is 2.58. The molecule has 3 rings (SSSR count). The van der Waals surface area contributed by atoms with Gasteiger partial charge in [0.15, 0.2) is 5.58 Å². The number of alkyl halides is 3. The van der Waals surface area contributed by atoms with Crippen LogP contribution >= 0.6 is 0 Å². The number of para-hydroxylation sites is 2. The number of hydrogen-bond acceptors (Lipinski definition) is 4. The van der Waals surface area contributed by atoms with E-state index in [0.717, 1.165) is 0 Å². The number of fused-ring (bicyclic) bond motifs is 1. The molecule has 22 heavy (non-hydrogen) atoms. The molecule has 0 radical (unpaired) electrons. The van der Waals surface area contributed by atoms with Crippen LogP contribution in [0.25, 0.3) is 11.1 Å². The lowest BCUT2D eigenvalue weighted by atomic mass is 9.96. The Kier molecular flexibility index (Phi) is 3.37. The van der Waals surface area contributed by atoms with Crippen molar-refractivity contribution in [1.29, 1.82) is 0 Å². The molecule has 0 aliphatic rings. The fourth-order valence-corrected chi connectivity index (χ4v) is 2.11. The summed E-state index contributed by atoms with van der Waals surface area (Å²) in [6.45, 7) is 0. The van der Waals surface area contributed by atoms with E-state index in [0.29, 0.717) is 0 Å². The van der Waals surface area contributed by atoms with E-state index >= 15 is 0 Å². The minimum atomic E-state index is -4.95. The Hall–Kier alpha value is -2.41. The van der Waals surface area contributed by atoms with Crippen LogP contribution in [0.4, 0.5) is 13.2 Å². The fraction of sp³-hybridized carbons (Fsp3) is 0.200. The normalized spacial score (nSPS) is 14.9. The number of aliphatic hydroxyl groups is 1. The lowest BCUT2D eigenvalue weighted by Gasteiger charge is -2.26. The lowest BCUT2D eigenvalue weighted by Crippen LogP contribution is -2.44. The van der Waals surface area contributed by atoms with Crippen LogP contribution in [-0.2, 0) is 12.0 Å². The Morgan fingerprint density at radius 3 is 2.41 bits per heavy atom. The fourth-order valence-electron chi connectivity index (χ4n) is 2.11. The van der Waals surface area contributed by atoms with Crippen LogP contribution in [-0.4, -0.2) is 21.3 Å². The number of rotatable bonds is 3. The number of hydrogen-bond donors (Lipinski definition) is 1. The first-order chi connectivity index (χ1) is 10.4. The van der Waals surface area contributed by atoms with Gasteiger partial charge in [0.2, 0.25) is 11.5 Å². The number of aromatic nitrogens is 2. The van der Waals surface area contributed by atoms with Crippen molar-refractivity contribution < 1.29 is 22.7 Å². The molecule has 7 heteroatoms. The Balaban J connectivity index is 2.09. The number of pyridine rings is 1. The smallest absolute Gasteiger partial charge is 0.426 e. The van der Waals surface area contributed by atoms with Gasteiger partial charge in [-0.3, -0.25) is 4.98 Å². The van der Waals surface area contributed by atoms with Crippen LogP contribution < -0.4 is 0 Å². The van der Waals surface area contributed by atoms with E-state index in [4.69, 9.17) is 4.42 Å². The summed E-state index contributed by atoms with van der Waals surface area (Å²) in [6.07, 6.45) is -4.37. The molecule has 0 fully saturated rings. The van der Waals surface area contributed by atoms with Crippen molar-refractivity contribution in [3.8, 4) is 0 Å². The molecule has 3 aromatic rings. The summed E-state index contributed by atoms with van der Waals surface area (Å²) in [4.78, 5) is 7.61. The molecule has 0 aliphatic heterocycles. The van der Waals surface area contributed by atoms with Gasteiger partial charge in [-0.15, -0.1) is 0 Å². The summed E-state index contributed by atoms with van der Waals surface area (Å²) in [7, 11) is 0. The SMILES string of the molecule is OC(Cc1ccccn1)(c1nc2ccccc2o1)C(F)(F)F. The largest absolute Gasteiger partial charge is 0.437 e. The molecule has 0 saturated carbocycles. The zero-order valence-corrected chi connectivity index (χ0v) is 11.2. The summed E-state index contributed by atoms with van der Waals surface area (Å²) in [5, 5.41) is 10.3. The second-order valence-electron chi connectivity index (χ2n) is 4.84. The molecular formula is C15H11F3N2O2. The molecule has 114 valence electrons. The van der Waals surface area contributed by atoms with Crippen LogP contribution in [0.5, 0.6) is 0 Å². The van der Waals surface area contributed by atoms with Crippen LogP contribution in [0.15, 0.2) is 53.1 Å². The second kappa shape index (κ2) is 5.10. The summed E-state index contributed by atoms with van der Waals surface area (Å²) >= 11 is 0. The molecule has 0 saturated heterocycles. The van der Waals surface area contributed by atoms with E-state index in [1.54, 1.807) is 24.3 Å². The van der Waals surface area contributed by atoms with Gasteiger partial charge >= 0.3 is 6.18 Å². The number of nitrogens with zero attached hydrogens (tertiary/aromatic N) is 2. The van der Waals surface area contributed by atoms with Crippen molar-refractivity contribution in [1.82, 2.24) is 9.97 Å². The van der Waals surface area contributed by atoms with Gasteiger partial charge in [0.1, 0.15) is 5.52 Å². The molecule has 0 spiro atoms. The molecule has 2 aromatic heterocycles. The number of halogens is 3. The van der Waals surface area contributed by atoms with Crippen LogP contribution in [0, 0.1) is 0 Å². The lowest BCUT2D eigenvalue weighted by molar-refractivity contribution is -0.274. The van der Waals surface area contributed by atoms with Gasteiger partial charge in [0.05, 0.1) is 0 Å². The van der Waals surface area contributed by atoms with Crippen LogP contribution in [0.1, 0.15) is 11.6 Å². The summed E-state index contributed by atoms with van der Waals surface area (Å²) in [6, 6.07) is 10.8. The topological polar surface area (TPSA) is 59.2 Å². The second-order valence-corrected chi connectivity index (χ2v) is 4.84. The van der Waals surface area contributed by atoms with E-state index in [1.807, 2.05) is 0 Å². The number of benzene rings is 1. The zero-order chi connectivity index (χ0) is 15.8. The van der Waals surface area contributed by atoms with Gasteiger partial charge in [-0.05, 0) is 24.3 Å². The molecule has 0 bridgehead atoms. The molecule has 1 N–H and O–H groups in total. The van der Waals surface area contributed by atoms with Gasteiger partial charge < -0.3 is 9.52 Å². The molecule has 0 aliphatic carbocycles. The van der Waals surface area contributed by atoms with Gasteiger partial charge in [0, 0.05) is 18.3 Å². The van der Waals surface area contributed by atoms with Crippen molar-refractivity contribution in [2.45, 2.75) is 18.2 Å². The van der Waals surface area contributed by atoms with E-state index in [-0.39, 0.29) is 16.8 Å². The molecule has 1 unspecified atom stereocenters. The van der Waals surface area contributed by atoms with Crippen LogP contribution in [0.2, 0.25) is 0 Å². The Bertz CT molecular complexity index is 753. The minimum Gasteiger partial charge on any atom is -0.437 e.